The highest BCUT2D eigenvalue weighted by molar-refractivity contribution is 9.10. The number of carbonyl (C=O) groups excluding carboxylic acids is 1. The van der Waals surface area contributed by atoms with Gasteiger partial charge in [0.05, 0.1) is 11.2 Å². The quantitative estimate of drug-likeness (QED) is 0.390. The van der Waals surface area contributed by atoms with Gasteiger partial charge in [-0.1, -0.05) is 41.9 Å². The molecular weight excluding hydrogens is 464 g/mol. The second-order valence-corrected chi connectivity index (χ2v) is 7.62. The molecule has 0 fully saturated rings. The van der Waals surface area contributed by atoms with Gasteiger partial charge in [-0.25, -0.2) is 8.78 Å². The molecule has 0 radical (unpaired) electrons. The number of halogens is 4. The van der Waals surface area contributed by atoms with Crippen LogP contribution in [-0.4, -0.2) is 15.7 Å². The average molecular weight is 477 g/mol. The van der Waals surface area contributed by atoms with Gasteiger partial charge >= 0.3 is 0 Å². The van der Waals surface area contributed by atoms with Gasteiger partial charge in [-0.3, -0.25) is 9.48 Å². The fourth-order valence-corrected chi connectivity index (χ4v) is 3.74. The van der Waals surface area contributed by atoms with Gasteiger partial charge in [0.2, 0.25) is 5.91 Å². The molecule has 0 saturated carbocycles. The van der Waals surface area contributed by atoms with Crippen LogP contribution in [0.4, 0.5) is 14.5 Å². The largest absolute Gasteiger partial charge is 0.321 e. The Morgan fingerprint density at radius 3 is 2.59 bits per heavy atom. The van der Waals surface area contributed by atoms with Gasteiger partial charge in [0.15, 0.2) is 5.82 Å². The maximum Gasteiger partial charge on any atom is 0.246 e. The van der Waals surface area contributed by atoms with Gasteiger partial charge in [0.1, 0.15) is 18.1 Å². The Balaban J connectivity index is 1.69. The summed E-state index contributed by atoms with van der Waals surface area (Å²) in [6.07, 6.45) is 0. The van der Waals surface area contributed by atoms with E-state index in [1.807, 2.05) is 30.3 Å². The monoisotopic (exact) mass is 475 g/mol. The number of fused-ring (bicyclic) bond motifs is 1. The van der Waals surface area contributed by atoms with Crippen LogP contribution in [0, 0.1) is 11.6 Å². The van der Waals surface area contributed by atoms with Crippen LogP contribution in [0.15, 0.2) is 65.1 Å². The number of nitrogens with zero attached hydrogens (tertiary/aromatic N) is 2. The highest BCUT2D eigenvalue weighted by Crippen LogP contribution is 2.31. The molecular formula is C21H13BrClF2N3O. The molecule has 1 N–H and O–H groups in total. The molecule has 0 aliphatic heterocycles. The summed E-state index contributed by atoms with van der Waals surface area (Å²) in [6, 6.07) is 16.6. The Morgan fingerprint density at radius 2 is 1.86 bits per heavy atom. The van der Waals surface area contributed by atoms with Crippen molar-refractivity contribution < 1.29 is 13.6 Å². The van der Waals surface area contributed by atoms with E-state index in [0.717, 1.165) is 17.0 Å². The van der Waals surface area contributed by atoms with Gasteiger partial charge in [0.25, 0.3) is 0 Å². The maximum absolute atomic E-state index is 14.0. The van der Waals surface area contributed by atoms with Gasteiger partial charge < -0.3 is 5.32 Å². The summed E-state index contributed by atoms with van der Waals surface area (Å²) in [5.41, 5.74) is 2.15. The Morgan fingerprint density at radius 1 is 1.10 bits per heavy atom. The molecule has 29 heavy (non-hydrogen) atoms. The number of carbonyl (C=O) groups is 1. The topological polar surface area (TPSA) is 46.9 Å². The third-order valence-corrected chi connectivity index (χ3v) is 5.18. The molecule has 4 aromatic rings. The first-order chi connectivity index (χ1) is 13.9. The lowest BCUT2D eigenvalue weighted by Crippen LogP contribution is -2.20. The van der Waals surface area contributed by atoms with Crippen LogP contribution in [-0.2, 0) is 11.3 Å². The van der Waals surface area contributed by atoms with Crippen molar-refractivity contribution in [2.24, 2.45) is 0 Å². The van der Waals surface area contributed by atoms with E-state index in [9.17, 15) is 13.6 Å². The van der Waals surface area contributed by atoms with Crippen LogP contribution >= 0.6 is 27.5 Å². The van der Waals surface area contributed by atoms with Crippen molar-refractivity contribution in [3.8, 4) is 11.3 Å². The molecule has 0 spiro atoms. The van der Waals surface area contributed by atoms with Crippen LogP contribution in [0.1, 0.15) is 0 Å². The number of rotatable bonds is 4. The summed E-state index contributed by atoms with van der Waals surface area (Å²) in [5, 5.41) is 8.39. The van der Waals surface area contributed by atoms with E-state index in [1.165, 1.54) is 4.68 Å². The summed E-state index contributed by atoms with van der Waals surface area (Å²) >= 11 is 9.22. The lowest BCUT2D eigenvalue weighted by Gasteiger charge is -2.09. The Labute approximate surface area is 178 Å². The number of aromatic nitrogens is 2. The van der Waals surface area contributed by atoms with Crippen molar-refractivity contribution in [1.82, 2.24) is 9.78 Å². The predicted molar refractivity (Wildman–Crippen MR) is 113 cm³/mol. The normalized spacial score (nSPS) is 11.0. The van der Waals surface area contributed by atoms with Gasteiger partial charge in [-0.2, -0.15) is 5.10 Å². The Bertz CT molecular complexity index is 1200. The minimum atomic E-state index is -0.868. The first-order valence-corrected chi connectivity index (χ1v) is 9.75. The number of benzene rings is 3. The van der Waals surface area contributed by atoms with E-state index < -0.39 is 17.5 Å². The number of hydrogen-bond donors (Lipinski definition) is 1. The van der Waals surface area contributed by atoms with E-state index in [4.69, 9.17) is 11.6 Å². The van der Waals surface area contributed by atoms with Crippen LogP contribution in [0.25, 0.3) is 22.2 Å². The Kier molecular flexibility index (Phi) is 5.34. The molecule has 0 saturated heterocycles. The first-order valence-electron chi connectivity index (χ1n) is 8.58. The summed E-state index contributed by atoms with van der Waals surface area (Å²) in [6.45, 7) is -0.159. The van der Waals surface area contributed by atoms with E-state index in [1.54, 1.807) is 18.2 Å². The number of hydrogen-bond acceptors (Lipinski definition) is 2. The molecule has 0 atom stereocenters. The van der Waals surface area contributed by atoms with Crippen molar-refractivity contribution in [3.63, 3.8) is 0 Å². The Hall–Kier alpha value is -2.77. The van der Waals surface area contributed by atoms with E-state index in [0.29, 0.717) is 22.3 Å². The highest BCUT2D eigenvalue weighted by atomic mass is 79.9. The minimum absolute atomic E-state index is 0.116. The molecule has 1 aromatic heterocycles. The fraction of sp³-hybridized carbons (Fsp3) is 0.0476. The van der Waals surface area contributed by atoms with Crippen LogP contribution in [0.2, 0.25) is 5.02 Å². The molecule has 4 rings (SSSR count). The predicted octanol–water partition coefficient (Wildman–Crippen LogP) is 6.04. The molecule has 0 aliphatic carbocycles. The average Bonchev–Trinajstić information content (AvgIpc) is 3.02. The third kappa shape index (κ3) is 4.02. The number of amides is 1. The van der Waals surface area contributed by atoms with Gasteiger partial charge in [-0.05, 0) is 40.2 Å². The summed E-state index contributed by atoms with van der Waals surface area (Å²) < 4.78 is 28.9. The fourth-order valence-electron chi connectivity index (χ4n) is 3.06. The standard InChI is InChI=1S/C21H13BrClF2N3O/c22-16-9-14(24)10-17(25)21(16)26-19(29)11-28-18-7-6-13(23)8-15(18)20(27-28)12-4-2-1-3-5-12/h1-10H,11H2,(H,26,29). The van der Waals surface area contributed by atoms with Crippen molar-refractivity contribution in [1.29, 1.82) is 0 Å². The molecule has 1 amide bonds. The van der Waals surface area contributed by atoms with E-state index >= 15 is 0 Å². The van der Waals surface area contributed by atoms with Gasteiger partial charge in [0, 0.05) is 26.5 Å². The van der Waals surface area contributed by atoms with Crippen molar-refractivity contribution in [2.75, 3.05) is 5.32 Å². The number of anilines is 1. The van der Waals surface area contributed by atoms with Crippen LogP contribution in [0.5, 0.6) is 0 Å². The smallest absolute Gasteiger partial charge is 0.246 e. The molecule has 0 unspecified atom stereocenters. The molecule has 4 nitrogen and oxygen atoms in total. The molecule has 146 valence electrons. The minimum Gasteiger partial charge on any atom is -0.321 e. The third-order valence-electron chi connectivity index (χ3n) is 4.32. The molecule has 3 aromatic carbocycles. The second-order valence-electron chi connectivity index (χ2n) is 6.33. The SMILES string of the molecule is O=C(Cn1nc(-c2ccccc2)c2cc(Cl)ccc21)Nc1c(F)cc(F)cc1Br. The van der Waals surface area contributed by atoms with Crippen LogP contribution < -0.4 is 5.32 Å². The van der Waals surface area contributed by atoms with Crippen LogP contribution in [0.3, 0.4) is 0 Å². The van der Waals surface area contributed by atoms with Crippen molar-refractivity contribution in [2.45, 2.75) is 6.54 Å². The van der Waals surface area contributed by atoms with Crippen molar-refractivity contribution >= 4 is 50.0 Å². The summed E-state index contributed by atoms with van der Waals surface area (Å²) in [5.74, 6) is -2.11. The zero-order valence-corrected chi connectivity index (χ0v) is 17.1. The van der Waals surface area contributed by atoms with Crippen molar-refractivity contribution in [3.05, 3.63) is 81.8 Å². The number of nitrogens with one attached hydrogen (secondary N) is 1. The molecule has 0 bridgehead atoms. The molecule has 8 heteroatoms. The lowest BCUT2D eigenvalue weighted by atomic mass is 10.1. The lowest BCUT2D eigenvalue weighted by molar-refractivity contribution is -0.116. The zero-order chi connectivity index (χ0) is 20.5. The molecule has 0 aliphatic rings. The first kappa shape index (κ1) is 19.5. The van der Waals surface area contributed by atoms with Gasteiger partial charge in [-0.15, -0.1) is 0 Å². The highest BCUT2D eigenvalue weighted by Gasteiger charge is 2.17. The van der Waals surface area contributed by atoms with E-state index in [-0.39, 0.29) is 16.7 Å². The molecule has 1 heterocycles. The second kappa shape index (κ2) is 7.93. The van der Waals surface area contributed by atoms with E-state index in [2.05, 4.69) is 26.3 Å². The summed E-state index contributed by atoms with van der Waals surface area (Å²) in [7, 11) is 0. The summed E-state index contributed by atoms with van der Waals surface area (Å²) in [4.78, 5) is 12.5. The maximum atomic E-state index is 14.0. The zero-order valence-electron chi connectivity index (χ0n) is 14.8.